The maximum atomic E-state index is 11.9. The van der Waals surface area contributed by atoms with Crippen LogP contribution in [0.2, 0.25) is 0 Å². The number of carbonyl (C=O) groups is 5. The fourth-order valence-electron chi connectivity index (χ4n) is 3.09. The minimum absolute atomic E-state index is 0.0703. The van der Waals surface area contributed by atoms with Crippen LogP contribution in [0.1, 0.15) is 38.1 Å². The zero-order valence-corrected chi connectivity index (χ0v) is 18.3. The first-order valence-electron chi connectivity index (χ1n) is 9.74. The molecule has 1 fully saturated rings. The summed E-state index contributed by atoms with van der Waals surface area (Å²) >= 11 is 0. The van der Waals surface area contributed by atoms with Crippen molar-refractivity contribution in [1.29, 1.82) is 0 Å². The molecule has 33 heavy (non-hydrogen) atoms. The number of aromatic carboxylic acids is 1. The lowest BCUT2D eigenvalue weighted by Gasteiger charge is -2.44. The molecule has 1 amide bonds. The number of ether oxygens (including phenoxy) is 5. The highest BCUT2D eigenvalue weighted by atomic mass is 16.7. The van der Waals surface area contributed by atoms with Crippen molar-refractivity contribution < 1.29 is 52.8 Å². The van der Waals surface area contributed by atoms with Gasteiger partial charge in [-0.15, -0.1) is 0 Å². The molecule has 1 aromatic rings. The van der Waals surface area contributed by atoms with Crippen LogP contribution in [0, 0.1) is 0 Å². The van der Waals surface area contributed by atoms with Gasteiger partial charge in [0.15, 0.2) is 12.2 Å². The molecule has 5 atom stereocenters. The molecule has 0 aliphatic carbocycles. The molecule has 180 valence electrons. The zero-order valence-electron chi connectivity index (χ0n) is 18.3. The maximum Gasteiger partial charge on any atom is 0.337 e. The third-order valence-electron chi connectivity index (χ3n) is 4.29. The van der Waals surface area contributed by atoms with E-state index in [0.29, 0.717) is 0 Å². The average molecular weight is 468 g/mol. The van der Waals surface area contributed by atoms with Crippen molar-refractivity contribution in [3.05, 3.63) is 23.9 Å². The van der Waals surface area contributed by atoms with E-state index in [1.165, 1.54) is 19.1 Å². The molecule has 1 aliphatic heterocycles. The molecule has 13 nitrogen and oxygen atoms in total. The summed E-state index contributed by atoms with van der Waals surface area (Å²) in [5.74, 6) is -3.93. The van der Waals surface area contributed by atoms with E-state index in [1.54, 1.807) is 0 Å². The van der Waals surface area contributed by atoms with Gasteiger partial charge in [-0.3, -0.25) is 19.2 Å². The molecule has 13 heteroatoms. The smallest absolute Gasteiger partial charge is 0.337 e. The average Bonchev–Trinajstić information content (AvgIpc) is 2.70. The monoisotopic (exact) mass is 468 g/mol. The van der Waals surface area contributed by atoms with Gasteiger partial charge in [-0.1, -0.05) is 0 Å². The molecule has 1 aliphatic rings. The molecule has 0 radical (unpaired) electrons. The van der Waals surface area contributed by atoms with Crippen LogP contribution in [0.25, 0.3) is 0 Å². The van der Waals surface area contributed by atoms with E-state index in [0.717, 1.165) is 27.0 Å². The van der Waals surface area contributed by atoms with Gasteiger partial charge in [-0.2, -0.15) is 0 Å². The Labute approximate surface area is 188 Å². The van der Waals surface area contributed by atoms with Crippen LogP contribution < -0.4 is 10.1 Å². The number of carboxylic acids is 1. The summed E-state index contributed by atoms with van der Waals surface area (Å²) in [4.78, 5) is 61.6. The van der Waals surface area contributed by atoms with Gasteiger partial charge in [0, 0.05) is 40.0 Å². The number of amides is 1. The second-order valence-electron chi connectivity index (χ2n) is 7.03. The Morgan fingerprint density at radius 3 is 2.12 bits per heavy atom. The van der Waals surface area contributed by atoms with Crippen molar-refractivity contribution in [1.82, 2.24) is 10.3 Å². The van der Waals surface area contributed by atoms with Crippen LogP contribution in [0.5, 0.6) is 5.88 Å². The third kappa shape index (κ3) is 7.42. The summed E-state index contributed by atoms with van der Waals surface area (Å²) in [5.41, 5.74) is -0.0919. The van der Waals surface area contributed by atoms with Gasteiger partial charge in [0.1, 0.15) is 18.8 Å². The van der Waals surface area contributed by atoms with Crippen LogP contribution in [0.15, 0.2) is 18.3 Å². The van der Waals surface area contributed by atoms with Crippen molar-refractivity contribution in [2.75, 3.05) is 6.61 Å². The Hall–Kier alpha value is -3.74. The second kappa shape index (κ2) is 11.2. The molecule has 0 aromatic carbocycles. The van der Waals surface area contributed by atoms with Crippen LogP contribution in [0.3, 0.4) is 0 Å². The molecule has 2 rings (SSSR count). The molecule has 0 spiro atoms. The first-order chi connectivity index (χ1) is 15.5. The number of esters is 3. The highest BCUT2D eigenvalue weighted by Crippen LogP contribution is 2.28. The maximum absolute atomic E-state index is 11.9. The van der Waals surface area contributed by atoms with E-state index in [4.69, 9.17) is 28.8 Å². The van der Waals surface area contributed by atoms with Crippen molar-refractivity contribution in [3.63, 3.8) is 0 Å². The molecule has 0 bridgehead atoms. The van der Waals surface area contributed by atoms with Crippen molar-refractivity contribution in [2.45, 2.75) is 58.3 Å². The van der Waals surface area contributed by atoms with Gasteiger partial charge in [0.2, 0.25) is 18.1 Å². The van der Waals surface area contributed by atoms with E-state index < -0.39 is 60.4 Å². The molecule has 1 aromatic heterocycles. The molecule has 0 unspecified atom stereocenters. The Morgan fingerprint density at radius 1 is 1.00 bits per heavy atom. The highest BCUT2D eigenvalue weighted by Gasteiger charge is 2.52. The summed E-state index contributed by atoms with van der Waals surface area (Å²) in [5, 5.41) is 11.6. The van der Waals surface area contributed by atoms with E-state index >= 15 is 0 Å². The first-order valence-corrected chi connectivity index (χ1v) is 9.74. The van der Waals surface area contributed by atoms with Crippen LogP contribution in [-0.2, 0) is 38.1 Å². The van der Waals surface area contributed by atoms with Gasteiger partial charge >= 0.3 is 23.9 Å². The van der Waals surface area contributed by atoms with Gasteiger partial charge in [0.25, 0.3) is 0 Å². The number of carbonyl (C=O) groups excluding carboxylic acids is 4. The Balaban J connectivity index is 2.43. The lowest BCUT2D eigenvalue weighted by molar-refractivity contribution is -0.257. The minimum atomic E-state index is -1.35. The fraction of sp³-hybridized carbons (Fsp3) is 0.500. The van der Waals surface area contributed by atoms with Gasteiger partial charge in [-0.05, 0) is 6.07 Å². The molecule has 1 saturated heterocycles. The highest BCUT2D eigenvalue weighted by molar-refractivity contribution is 5.87. The number of carboxylic acid groups (broad SMARTS) is 1. The molecule has 0 saturated carbocycles. The van der Waals surface area contributed by atoms with Crippen molar-refractivity contribution in [3.8, 4) is 5.88 Å². The van der Waals surface area contributed by atoms with Gasteiger partial charge in [0.05, 0.1) is 5.56 Å². The standard InChI is InChI=1S/C20H24N2O11/c1-9(23)22-16-18(31-12(4)26)17(30-11(3)25)14(8-29-10(2)24)32-20(16)33-15-6-5-13(7-21-15)19(27)28/h5-7,14,16-18,20H,8H2,1-4H3,(H,22,23)(H,27,28)/t14-,16-,17+,18-,20+/m1/s1. The summed E-state index contributed by atoms with van der Waals surface area (Å²) in [6.45, 7) is 4.22. The number of hydrogen-bond donors (Lipinski definition) is 2. The number of nitrogens with zero attached hydrogens (tertiary/aromatic N) is 1. The van der Waals surface area contributed by atoms with Crippen molar-refractivity contribution in [2.24, 2.45) is 0 Å². The Bertz CT molecular complexity index is 902. The lowest BCUT2D eigenvalue weighted by atomic mass is 9.96. The minimum Gasteiger partial charge on any atom is -0.478 e. The quantitative estimate of drug-likeness (QED) is 0.380. The number of aromatic nitrogens is 1. The van der Waals surface area contributed by atoms with Gasteiger partial charge < -0.3 is 34.1 Å². The summed E-state index contributed by atoms with van der Waals surface area (Å²) in [7, 11) is 0. The Kier molecular flexibility index (Phi) is 8.68. The second-order valence-corrected chi connectivity index (χ2v) is 7.03. The van der Waals surface area contributed by atoms with E-state index in [2.05, 4.69) is 10.3 Å². The number of pyridine rings is 1. The molecule has 2 heterocycles. The van der Waals surface area contributed by atoms with Gasteiger partial charge in [-0.25, -0.2) is 9.78 Å². The number of hydrogen-bond acceptors (Lipinski definition) is 11. The normalized spacial score (nSPS) is 24.2. The van der Waals surface area contributed by atoms with Crippen LogP contribution >= 0.6 is 0 Å². The van der Waals surface area contributed by atoms with Crippen LogP contribution in [-0.4, -0.2) is 77.1 Å². The van der Waals surface area contributed by atoms with E-state index in [1.807, 2.05) is 0 Å². The number of nitrogens with one attached hydrogen (secondary N) is 1. The number of rotatable bonds is 8. The lowest BCUT2D eigenvalue weighted by Crippen LogP contribution is -2.67. The SMILES string of the molecule is CC(=O)N[C@H]1[C@H](Oc2ccc(C(=O)O)cn2)O[C@H](COC(C)=O)[C@H](OC(C)=O)[C@@H]1OC(C)=O. The summed E-state index contributed by atoms with van der Waals surface area (Å²) < 4.78 is 27.1. The molecular formula is C20H24N2O11. The predicted molar refractivity (Wildman–Crippen MR) is 106 cm³/mol. The topological polar surface area (TPSA) is 177 Å². The summed E-state index contributed by atoms with van der Waals surface area (Å²) in [6.07, 6.45) is -3.99. The van der Waals surface area contributed by atoms with Crippen molar-refractivity contribution >= 4 is 29.8 Å². The third-order valence-corrected chi connectivity index (χ3v) is 4.29. The Morgan fingerprint density at radius 2 is 1.64 bits per heavy atom. The van der Waals surface area contributed by atoms with E-state index in [-0.39, 0.29) is 18.1 Å². The van der Waals surface area contributed by atoms with Crippen LogP contribution in [0.4, 0.5) is 0 Å². The predicted octanol–water partition coefficient (Wildman–Crippen LogP) is -0.185. The molecule has 2 N–H and O–H groups in total. The summed E-state index contributed by atoms with van der Waals surface area (Å²) in [6, 6.07) is 1.32. The largest absolute Gasteiger partial charge is 0.478 e. The first kappa shape index (κ1) is 25.5. The zero-order chi connectivity index (χ0) is 24.7. The van der Waals surface area contributed by atoms with E-state index in [9.17, 15) is 24.0 Å². The molecular weight excluding hydrogens is 444 g/mol. The fourth-order valence-corrected chi connectivity index (χ4v) is 3.09.